The van der Waals surface area contributed by atoms with Gasteiger partial charge in [0.05, 0.1) is 24.3 Å². The van der Waals surface area contributed by atoms with Crippen molar-refractivity contribution in [1.29, 1.82) is 0 Å². The summed E-state index contributed by atoms with van der Waals surface area (Å²) in [7, 11) is 0. The summed E-state index contributed by atoms with van der Waals surface area (Å²) in [4.78, 5) is 39.8. The molecule has 0 saturated carbocycles. The maximum atomic E-state index is 12.3. The van der Waals surface area contributed by atoms with Crippen LogP contribution in [0.3, 0.4) is 0 Å². The minimum absolute atomic E-state index is 0.0428. The molecule has 0 fully saturated rings. The molecule has 0 saturated heterocycles. The molecular formula is C19H22N2O5S. The predicted octanol–water partition coefficient (Wildman–Crippen LogP) is 2.97. The lowest BCUT2D eigenvalue weighted by atomic mass is 10.00. The van der Waals surface area contributed by atoms with E-state index < -0.39 is 18.5 Å². The van der Waals surface area contributed by atoms with Crippen molar-refractivity contribution in [3.63, 3.8) is 0 Å². The second-order valence-electron chi connectivity index (χ2n) is 6.02. The lowest BCUT2D eigenvalue weighted by molar-refractivity contribution is -0.142. The van der Waals surface area contributed by atoms with Crippen molar-refractivity contribution in [2.75, 3.05) is 18.5 Å². The van der Waals surface area contributed by atoms with E-state index in [1.807, 2.05) is 32.9 Å². The van der Waals surface area contributed by atoms with Crippen LogP contribution >= 0.6 is 11.3 Å². The number of aryl methyl sites for hydroxylation is 3. The number of hydrogen-bond acceptors (Lipinski definition) is 7. The van der Waals surface area contributed by atoms with E-state index >= 15 is 0 Å². The van der Waals surface area contributed by atoms with Crippen LogP contribution in [0.5, 0.6) is 0 Å². The number of hydrogen-bond donors (Lipinski definition) is 1. The molecule has 0 bridgehead atoms. The molecule has 27 heavy (non-hydrogen) atoms. The fourth-order valence-electron chi connectivity index (χ4n) is 2.67. The van der Waals surface area contributed by atoms with Crippen LogP contribution in [0.25, 0.3) is 0 Å². The summed E-state index contributed by atoms with van der Waals surface area (Å²) in [6.07, 6.45) is 0.0428. The maximum absolute atomic E-state index is 12.3. The molecule has 0 spiro atoms. The van der Waals surface area contributed by atoms with Crippen molar-refractivity contribution in [3.8, 4) is 0 Å². The Hall–Kier alpha value is -2.74. The molecule has 1 amide bonds. The van der Waals surface area contributed by atoms with E-state index in [0.717, 1.165) is 16.7 Å². The van der Waals surface area contributed by atoms with Gasteiger partial charge in [-0.05, 0) is 38.8 Å². The largest absolute Gasteiger partial charge is 0.466 e. The number of nitrogens with one attached hydrogen (secondary N) is 1. The highest BCUT2D eigenvalue weighted by molar-refractivity contribution is 7.13. The van der Waals surface area contributed by atoms with Crippen molar-refractivity contribution in [2.45, 2.75) is 34.1 Å². The summed E-state index contributed by atoms with van der Waals surface area (Å²) in [5.74, 6) is -1.41. The summed E-state index contributed by atoms with van der Waals surface area (Å²) in [5.41, 5.74) is 3.65. The summed E-state index contributed by atoms with van der Waals surface area (Å²) in [6.45, 7) is 7.23. The van der Waals surface area contributed by atoms with E-state index in [4.69, 9.17) is 9.47 Å². The molecule has 7 nitrogen and oxygen atoms in total. The number of thiazole rings is 1. The van der Waals surface area contributed by atoms with Gasteiger partial charge in [0.2, 0.25) is 0 Å². The average Bonchev–Trinajstić information content (AvgIpc) is 2.99. The van der Waals surface area contributed by atoms with Crippen LogP contribution in [0.4, 0.5) is 5.13 Å². The SMILES string of the molecule is CCOC(=O)Cc1csc(NC(=O)COC(=O)c2c(C)cc(C)cc2C)n1. The summed E-state index contributed by atoms with van der Waals surface area (Å²) in [6, 6.07) is 3.79. The highest BCUT2D eigenvalue weighted by Crippen LogP contribution is 2.18. The van der Waals surface area contributed by atoms with Crippen molar-refractivity contribution in [2.24, 2.45) is 0 Å². The Kier molecular flexibility index (Phi) is 7.06. The van der Waals surface area contributed by atoms with E-state index in [-0.39, 0.29) is 12.4 Å². The first kappa shape index (κ1) is 20.6. The molecule has 144 valence electrons. The van der Waals surface area contributed by atoms with E-state index in [0.29, 0.717) is 23.0 Å². The Morgan fingerprint density at radius 2 is 1.78 bits per heavy atom. The molecule has 0 atom stereocenters. The number of carbonyl (C=O) groups is 3. The zero-order valence-electron chi connectivity index (χ0n) is 15.8. The molecule has 1 aromatic carbocycles. The van der Waals surface area contributed by atoms with Gasteiger partial charge in [-0.2, -0.15) is 0 Å². The molecule has 8 heteroatoms. The number of ether oxygens (including phenoxy) is 2. The van der Waals surface area contributed by atoms with E-state index in [1.54, 1.807) is 12.3 Å². The lowest BCUT2D eigenvalue weighted by Crippen LogP contribution is -2.21. The smallest absolute Gasteiger partial charge is 0.339 e. The van der Waals surface area contributed by atoms with Crippen molar-refractivity contribution in [1.82, 2.24) is 4.98 Å². The standard InChI is InChI=1S/C19H22N2O5S/c1-5-25-16(23)8-14-10-27-19(20-14)21-15(22)9-26-18(24)17-12(3)6-11(2)7-13(17)4/h6-7,10H,5,8-9H2,1-4H3,(H,20,21,22). The van der Waals surface area contributed by atoms with E-state index in [9.17, 15) is 14.4 Å². The van der Waals surface area contributed by atoms with Crippen molar-refractivity contribution in [3.05, 3.63) is 45.5 Å². The van der Waals surface area contributed by atoms with Crippen LogP contribution in [0.2, 0.25) is 0 Å². The Balaban J connectivity index is 1.89. The fraction of sp³-hybridized carbons (Fsp3) is 0.368. The second kappa shape index (κ2) is 9.27. The van der Waals surface area contributed by atoms with Crippen LogP contribution in [0, 0.1) is 20.8 Å². The number of rotatable bonds is 7. The second-order valence-corrected chi connectivity index (χ2v) is 6.88. The van der Waals surface area contributed by atoms with E-state index in [1.165, 1.54) is 11.3 Å². The summed E-state index contributed by atoms with van der Waals surface area (Å²) in [5, 5.41) is 4.55. The molecule has 0 unspecified atom stereocenters. The molecule has 0 radical (unpaired) electrons. The third-order valence-electron chi connectivity index (χ3n) is 3.64. The van der Waals surface area contributed by atoms with Gasteiger partial charge in [-0.25, -0.2) is 9.78 Å². The quantitative estimate of drug-likeness (QED) is 0.731. The summed E-state index contributed by atoms with van der Waals surface area (Å²) >= 11 is 1.18. The lowest BCUT2D eigenvalue weighted by Gasteiger charge is -2.10. The van der Waals surface area contributed by atoms with Gasteiger partial charge < -0.3 is 9.47 Å². The Bertz CT molecular complexity index is 837. The predicted molar refractivity (Wildman–Crippen MR) is 102 cm³/mol. The van der Waals surface area contributed by atoms with Gasteiger partial charge in [0.15, 0.2) is 11.7 Å². The molecule has 0 aliphatic carbocycles. The van der Waals surface area contributed by atoms with Crippen LogP contribution < -0.4 is 5.32 Å². The first-order valence-corrected chi connectivity index (χ1v) is 9.33. The van der Waals surface area contributed by atoms with Crippen LogP contribution in [0.15, 0.2) is 17.5 Å². The molecule has 2 aromatic rings. The minimum atomic E-state index is -0.540. The van der Waals surface area contributed by atoms with Gasteiger partial charge in [-0.15, -0.1) is 11.3 Å². The number of anilines is 1. The summed E-state index contributed by atoms with van der Waals surface area (Å²) < 4.78 is 9.97. The monoisotopic (exact) mass is 390 g/mol. The molecule has 2 rings (SSSR count). The Labute approximate surface area is 161 Å². The van der Waals surface area contributed by atoms with Gasteiger partial charge in [0, 0.05) is 5.38 Å². The maximum Gasteiger partial charge on any atom is 0.339 e. The van der Waals surface area contributed by atoms with Gasteiger partial charge >= 0.3 is 11.9 Å². The Morgan fingerprint density at radius 1 is 1.11 bits per heavy atom. The zero-order valence-corrected chi connectivity index (χ0v) is 16.6. The number of amides is 1. The third kappa shape index (κ3) is 5.89. The molecule has 1 N–H and O–H groups in total. The number of benzene rings is 1. The van der Waals surface area contributed by atoms with Crippen molar-refractivity contribution >= 4 is 34.3 Å². The number of carbonyl (C=O) groups excluding carboxylic acids is 3. The van der Waals surface area contributed by atoms with Gasteiger partial charge in [-0.1, -0.05) is 17.7 Å². The zero-order chi connectivity index (χ0) is 20.0. The van der Waals surface area contributed by atoms with Crippen LogP contribution in [-0.4, -0.2) is 36.0 Å². The highest BCUT2D eigenvalue weighted by Gasteiger charge is 2.16. The van der Waals surface area contributed by atoms with Gasteiger partial charge in [0.1, 0.15) is 0 Å². The van der Waals surface area contributed by atoms with Crippen LogP contribution in [0.1, 0.15) is 39.7 Å². The van der Waals surface area contributed by atoms with Gasteiger partial charge in [-0.3, -0.25) is 14.9 Å². The van der Waals surface area contributed by atoms with Crippen molar-refractivity contribution < 1.29 is 23.9 Å². The molecule has 1 aromatic heterocycles. The fourth-order valence-corrected chi connectivity index (χ4v) is 3.39. The topological polar surface area (TPSA) is 94.6 Å². The normalized spacial score (nSPS) is 10.4. The minimum Gasteiger partial charge on any atom is -0.466 e. The average molecular weight is 390 g/mol. The first-order valence-electron chi connectivity index (χ1n) is 8.45. The number of nitrogens with zero attached hydrogens (tertiary/aromatic N) is 1. The highest BCUT2D eigenvalue weighted by atomic mass is 32.1. The first-order chi connectivity index (χ1) is 12.8. The molecule has 1 heterocycles. The van der Waals surface area contributed by atoms with Gasteiger partial charge in [0.25, 0.3) is 5.91 Å². The molecular weight excluding hydrogens is 368 g/mol. The number of aromatic nitrogens is 1. The van der Waals surface area contributed by atoms with E-state index in [2.05, 4.69) is 10.3 Å². The molecule has 0 aliphatic rings. The number of esters is 2. The molecule has 0 aliphatic heterocycles. The third-order valence-corrected chi connectivity index (χ3v) is 4.45. The van der Waals surface area contributed by atoms with Crippen LogP contribution in [-0.2, 0) is 25.5 Å². The Morgan fingerprint density at radius 3 is 2.41 bits per heavy atom.